The summed E-state index contributed by atoms with van der Waals surface area (Å²) >= 11 is 1.45. The average Bonchev–Trinajstić information content (AvgIpc) is 3.09. The summed E-state index contributed by atoms with van der Waals surface area (Å²) in [6, 6.07) is 2.42. The Morgan fingerprint density at radius 1 is 1.43 bits per heavy atom. The molecule has 3 atom stereocenters. The number of ether oxygens (including phenoxy) is 1. The number of halogens is 2. The lowest BCUT2D eigenvalue weighted by Gasteiger charge is -2.34. The van der Waals surface area contributed by atoms with E-state index in [9.17, 15) is 8.78 Å². The van der Waals surface area contributed by atoms with Crippen molar-refractivity contribution in [2.24, 2.45) is 16.6 Å². The molecule has 0 bridgehead atoms. The third kappa shape index (κ3) is 2.10. The molecule has 0 saturated heterocycles. The van der Waals surface area contributed by atoms with E-state index in [-0.39, 0.29) is 21.9 Å². The Morgan fingerprint density at radius 3 is 2.81 bits per heavy atom. The predicted octanol–water partition coefficient (Wildman–Crippen LogP) is 2.23. The molecule has 2 aliphatic rings. The van der Waals surface area contributed by atoms with E-state index in [4.69, 9.17) is 16.2 Å². The van der Waals surface area contributed by atoms with E-state index in [1.165, 1.54) is 17.8 Å². The molecule has 1 fully saturated rings. The Morgan fingerprint density at radius 2 is 2.14 bits per heavy atom. The zero-order chi connectivity index (χ0) is 15.4. The van der Waals surface area contributed by atoms with E-state index in [2.05, 4.69) is 4.99 Å². The molecule has 1 saturated carbocycles. The number of amidine groups is 1. The number of hydrogen-bond donors (Lipinski definition) is 2. The summed E-state index contributed by atoms with van der Waals surface area (Å²) in [5.74, 6) is -1.83. The van der Waals surface area contributed by atoms with E-state index in [0.29, 0.717) is 11.8 Å². The number of nitrogens with zero attached hydrogens (tertiary/aromatic N) is 1. The highest BCUT2D eigenvalue weighted by atomic mass is 32.2. The summed E-state index contributed by atoms with van der Waals surface area (Å²) in [5, 5.41) is 0.366. The molecule has 1 aromatic rings. The van der Waals surface area contributed by atoms with E-state index < -0.39 is 17.2 Å². The van der Waals surface area contributed by atoms with Gasteiger partial charge in [0.2, 0.25) is 0 Å². The van der Waals surface area contributed by atoms with Gasteiger partial charge in [-0.15, -0.1) is 0 Å². The minimum Gasteiger partial charge on any atom is -0.399 e. The van der Waals surface area contributed by atoms with Gasteiger partial charge in [0.1, 0.15) is 0 Å². The standard InChI is InChI=1S/C14H17F2N3OS/c1-13(8-3-7(17)4-9(15)11(8)16)10-5-14(10,6-20-2)21-12(18)19-13/h3-4,10H,5-6,17H2,1-2H3,(H2,18,19)/t10-,13+,14+/m0/s1. The van der Waals surface area contributed by atoms with Crippen LogP contribution in [0, 0.1) is 17.6 Å². The van der Waals surface area contributed by atoms with Gasteiger partial charge in [-0.05, 0) is 25.5 Å². The minimum absolute atomic E-state index is 0.0398. The molecule has 114 valence electrons. The first-order valence-electron chi connectivity index (χ1n) is 6.61. The van der Waals surface area contributed by atoms with Crippen LogP contribution < -0.4 is 11.5 Å². The molecule has 21 heavy (non-hydrogen) atoms. The van der Waals surface area contributed by atoms with Crippen molar-refractivity contribution in [1.82, 2.24) is 0 Å². The first-order chi connectivity index (χ1) is 9.82. The van der Waals surface area contributed by atoms with Crippen LogP contribution in [-0.2, 0) is 10.3 Å². The highest BCUT2D eigenvalue weighted by Gasteiger charge is 2.66. The van der Waals surface area contributed by atoms with Crippen molar-refractivity contribution in [3.8, 4) is 0 Å². The Hall–Kier alpha value is -1.34. The van der Waals surface area contributed by atoms with Crippen LogP contribution in [0.25, 0.3) is 0 Å². The molecule has 4 N–H and O–H groups in total. The molecule has 1 aromatic carbocycles. The van der Waals surface area contributed by atoms with Gasteiger partial charge in [0, 0.05) is 24.3 Å². The normalized spacial score (nSPS) is 34.3. The lowest BCUT2D eigenvalue weighted by molar-refractivity contribution is 0.184. The minimum atomic E-state index is -0.962. The van der Waals surface area contributed by atoms with Crippen LogP contribution in [0.4, 0.5) is 14.5 Å². The van der Waals surface area contributed by atoms with Crippen LogP contribution >= 0.6 is 11.8 Å². The maximum Gasteiger partial charge on any atom is 0.164 e. The summed E-state index contributed by atoms with van der Waals surface area (Å²) in [5.41, 5.74) is 11.0. The molecule has 1 aliphatic carbocycles. The van der Waals surface area contributed by atoms with Crippen molar-refractivity contribution >= 4 is 22.6 Å². The fourth-order valence-corrected chi connectivity index (χ4v) is 4.76. The van der Waals surface area contributed by atoms with E-state index in [1.807, 2.05) is 0 Å². The average molecular weight is 313 g/mol. The molecule has 1 heterocycles. The molecule has 4 nitrogen and oxygen atoms in total. The Balaban J connectivity index is 2.11. The summed E-state index contributed by atoms with van der Waals surface area (Å²) in [4.78, 5) is 4.42. The van der Waals surface area contributed by atoms with Gasteiger partial charge in [-0.2, -0.15) is 0 Å². The highest BCUT2D eigenvalue weighted by molar-refractivity contribution is 8.15. The van der Waals surface area contributed by atoms with Gasteiger partial charge in [0.05, 0.1) is 16.9 Å². The third-order valence-electron chi connectivity index (χ3n) is 4.34. The number of aliphatic imine (C=N–C) groups is 1. The first kappa shape index (κ1) is 14.6. The van der Waals surface area contributed by atoms with E-state index in [0.717, 1.165) is 12.5 Å². The summed E-state index contributed by atoms with van der Waals surface area (Å²) in [6.07, 6.45) is 0.794. The van der Waals surface area contributed by atoms with E-state index >= 15 is 0 Å². The number of benzene rings is 1. The molecule has 0 spiro atoms. The largest absolute Gasteiger partial charge is 0.399 e. The number of methoxy groups -OCH3 is 1. The van der Waals surface area contributed by atoms with Gasteiger partial charge in [-0.25, -0.2) is 8.78 Å². The second-order valence-electron chi connectivity index (χ2n) is 5.82. The van der Waals surface area contributed by atoms with Gasteiger partial charge in [-0.3, -0.25) is 4.99 Å². The van der Waals surface area contributed by atoms with Crippen LogP contribution in [0.5, 0.6) is 0 Å². The number of hydrogen-bond acceptors (Lipinski definition) is 5. The molecule has 0 unspecified atom stereocenters. The van der Waals surface area contributed by atoms with Gasteiger partial charge in [0.25, 0.3) is 0 Å². The van der Waals surface area contributed by atoms with E-state index in [1.54, 1.807) is 14.0 Å². The zero-order valence-corrected chi connectivity index (χ0v) is 12.6. The van der Waals surface area contributed by atoms with Gasteiger partial charge < -0.3 is 16.2 Å². The number of thioether (sulfide) groups is 1. The molecular formula is C14H17F2N3OS. The summed E-state index contributed by atoms with van der Waals surface area (Å²) in [6.45, 7) is 2.28. The molecule has 0 radical (unpaired) electrons. The Kier molecular flexibility index (Phi) is 3.18. The molecule has 1 aliphatic heterocycles. The second kappa shape index (κ2) is 4.58. The summed E-state index contributed by atoms with van der Waals surface area (Å²) < 4.78 is 33.0. The Labute approximate surface area is 125 Å². The first-order valence-corrected chi connectivity index (χ1v) is 7.42. The quantitative estimate of drug-likeness (QED) is 0.839. The lowest BCUT2D eigenvalue weighted by atomic mass is 9.85. The topological polar surface area (TPSA) is 73.6 Å². The van der Waals surface area contributed by atoms with Crippen LogP contribution in [0.1, 0.15) is 18.9 Å². The third-order valence-corrected chi connectivity index (χ3v) is 5.61. The SMILES string of the molecule is COC[C@]12C[C@H]1[C@@](C)(c1cc(N)cc(F)c1F)N=C(N)S2. The monoisotopic (exact) mass is 313 g/mol. The van der Waals surface area contributed by atoms with Crippen molar-refractivity contribution < 1.29 is 13.5 Å². The summed E-state index contributed by atoms with van der Waals surface area (Å²) in [7, 11) is 1.62. The van der Waals surface area contributed by atoms with Gasteiger partial charge in [0.15, 0.2) is 16.8 Å². The fraction of sp³-hybridized carbons (Fsp3) is 0.500. The van der Waals surface area contributed by atoms with Crippen molar-refractivity contribution in [2.75, 3.05) is 19.5 Å². The zero-order valence-electron chi connectivity index (χ0n) is 11.8. The van der Waals surface area contributed by atoms with Crippen molar-refractivity contribution in [2.45, 2.75) is 23.6 Å². The second-order valence-corrected chi connectivity index (χ2v) is 7.25. The number of fused-ring (bicyclic) bond motifs is 1. The number of rotatable bonds is 3. The Bertz CT molecular complexity index is 639. The smallest absolute Gasteiger partial charge is 0.164 e. The van der Waals surface area contributed by atoms with Crippen molar-refractivity contribution in [3.63, 3.8) is 0 Å². The maximum absolute atomic E-state index is 14.3. The number of nitrogens with two attached hydrogens (primary N) is 2. The van der Waals surface area contributed by atoms with Crippen LogP contribution in [-0.4, -0.2) is 23.6 Å². The van der Waals surface area contributed by atoms with Crippen LogP contribution in [0.2, 0.25) is 0 Å². The molecule has 3 rings (SSSR count). The maximum atomic E-state index is 14.3. The van der Waals surface area contributed by atoms with Crippen molar-refractivity contribution in [3.05, 3.63) is 29.3 Å². The fourth-order valence-electron chi connectivity index (χ4n) is 3.31. The van der Waals surface area contributed by atoms with Crippen LogP contribution in [0.15, 0.2) is 17.1 Å². The molecular weight excluding hydrogens is 296 g/mol. The predicted molar refractivity (Wildman–Crippen MR) is 80.0 cm³/mol. The lowest BCUT2D eigenvalue weighted by Crippen LogP contribution is -2.37. The van der Waals surface area contributed by atoms with Crippen molar-refractivity contribution in [1.29, 1.82) is 0 Å². The number of anilines is 1. The molecule has 0 aromatic heterocycles. The molecule has 0 amide bonds. The van der Waals surface area contributed by atoms with Gasteiger partial charge in [-0.1, -0.05) is 11.8 Å². The van der Waals surface area contributed by atoms with Crippen LogP contribution in [0.3, 0.4) is 0 Å². The molecule has 7 heteroatoms. The highest BCUT2D eigenvalue weighted by Crippen LogP contribution is 2.66. The van der Waals surface area contributed by atoms with Gasteiger partial charge >= 0.3 is 0 Å². The number of nitrogen functional groups attached to an aromatic ring is 1.